The largest absolute Gasteiger partial charge is 0.504 e. The number of ether oxygens (including phenoxy) is 12. The van der Waals surface area contributed by atoms with Gasteiger partial charge in [0.15, 0.2) is 42.9 Å². The minimum Gasteiger partial charge on any atom is -0.504 e. The molecule has 15 N–H and O–H groups in total. The lowest BCUT2D eigenvalue weighted by Crippen LogP contribution is -2.67. The molecule has 0 aromatic heterocycles. The zero-order valence-electron chi connectivity index (χ0n) is 56.1. The maximum Gasteiger partial charge on any atom is 0.330 e. The van der Waals surface area contributed by atoms with Crippen LogP contribution in [0, 0.1) is 50.2 Å². The van der Waals surface area contributed by atoms with E-state index in [0.717, 1.165) is 44.6 Å². The molecular weight excluding hydrogens is 1280 g/mol. The number of rotatable bonds is 18. The molecule has 32 atom stereocenters. The Labute approximate surface area is 562 Å². The Kier molecular flexibility index (Phi) is 21.9. The van der Waals surface area contributed by atoms with Crippen molar-refractivity contribution in [3.05, 3.63) is 41.5 Å². The van der Waals surface area contributed by atoms with Gasteiger partial charge in [-0.3, -0.25) is 4.79 Å². The number of aliphatic carboxylic acids is 1. The van der Waals surface area contributed by atoms with Crippen molar-refractivity contribution in [2.75, 3.05) is 40.1 Å². The Balaban J connectivity index is 0.702. The molecule has 5 saturated heterocycles. The van der Waals surface area contributed by atoms with Crippen LogP contribution in [-0.4, -0.2) is 276 Å². The average Bonchev–Trinajstić information content (AvgIpc) is 0.676. The minimum atomic E-state index is -2.06. The zero-order chi connectivity index (χ0) is 70.4. The molecule has 97 heavy (non-hydrogen) atoms. The summed E-state index contributed by atoms with van der Waals surface area (Å²) >= 11 is 0. The SMILES string of the molecule is COc1ccc(/C=C/C(=O)OC[C@H]2O[C@@H](O[C@H]3[C@H](O)[C@@H](O)[C@H](O[C@@H]4CO[C@@H](O[C@@H]5[C@@H](O)[C@H](C)O[C@@H](O[C@H]6[C@H](O[C@H]7CC[C@@]8(C)[C@@H](CC[C@]9(C)[C@@H]8CC=C8[C@@H]%10CC(C)(C)CC[C@]%10(C(=O)O)CC[C@]89C)[C@]7(C)CO)OC[C@H](O)[C@@H]6O)[C@@H]5O)[C@H](O)[C@@H]4O)O[C@@H]3CO)[C@H](O)[C@@H](O)[C@@H]2O)cc1O. The third-order valence-electron chi connectivity index (χ3n) is 24.8. The van der Waals surface area contributed by atoms with Crippen LogP contribution in [0.3, 0.4) is 0 Å². The predicted octanol–water partition coefficient (Wildman–Crippen LogP) is -0.389. The molecule has 10 aliphatic rings. The molecule has 4 saturated carbocycles. The summed E-state index contributed by atoms with van der Waals surface area (Å²) in [5.74, 6) is -1.52. The first-order valence-electron chi connectivity index (χ1n) is 34.0. The van der Waals surface area contributed by atoms with E-state index >= 15 is 0 Å². The lowest BCUT2D eigenvalue weighted by atomic mass is 9.33. The van der Waals surface area contributed by atoms with Gasteiger partial charge in [0.2, 0.25) is 0 Å². The van der Waals surface area contributed by atoms with Gasteiger partial charge < -0.3 is 133 Å². The molecule has 0 bridgehead atoms. The van der Waals surface area contributed by atoms with Crippen LogP contribution in [0.2, 0.25) is 0 Å². The number of phenols is 1. The van der Waals surface area contributed by atoms with Crippen LogP contribution in [0.25, 0.3) is 6.08 Å². The summed E-state index contributed by atoms with van der Waals surface area (Å²) < 4.78 is 70.2. The lowest BCUT2D eigenvalue weighted by Gasteiger charge is -2.71. The van der Waals surface area contributed by atoms with Gasteiger partial charge in [0, 0.05) is 11.5 Å². The first kappa shape index (κ1) is 74.5. The number of phenolic OH excluding ortho intramolecular Hbond substituents is 1. The van der Waals surface area contributed by atoms with Crippen molar-refractivity contribution in [3.8, 4) is 11.5 Å². The number of benzene rings is 1. The summed E-state index contributed by atoms with van der Waals surface area (Å²) in [6, 6.07) is 4.34. The highest BCUT2D eigenvalue weighted by molar-refractivity contribution is 5.87. The topological polar surface area (TPSA) is 448 Å². The van der Waals surface area contributed by atoms with Gasteiger partial charge >= 0.3 is 11.9 Å². The van der Waals surface area contributed by atoms with Crippen LogP contribution in [0.5, 0.6) is 11.5 Å². The molecule has 29 nitrogen and oxygen atoms in total. The fourth-order valence-corrected chi connectivity index (χ4v) is 18.6. The maximum atomic E-state index is 13.3. The van der Waals surface area contributed by atoms with Crippen LogP contribution in [0.4, 0.5) is 0 Å². The van der Waals surface area contributed by atoms with E-state index in [-0.39, 0.29) is 64.1 Å². The van der Waals surface area contributed by atoms with Crippen molar-refractivity contribution in [2.24, 2.45) is 50.2 Å². The van der Waals surface area contributed by atoms with Crippen molar-refractivity contribution in [3.63, 3.8) is 0 Å². The van der Waals surface area contributed by atoms with Gasteiger partial charge in [-0.25, -0.2) is 4.79 Å². The van der Waals surface area contributed by atoms with E-state index in [9.17, 15) is 86.2 Å². The number of allylic oxidation sites excluding steroid dienone is 2. The summed E-state index contributed by atoms with van der Waals surface area (Å²) in [5, 5.41) is 167. The van der Waals surface area contributed by atoms with Gasteiger partial charge in [-0.2, -0.15) is 0 Å². The van der Waals surface area contributed by atoms with Gasteiger partial charge in [0.1, 0.15) is 110 Å². The highest BCUT2D eigenvalue weighted by Crippen LogP contribution is 2.76. The maximum absolute atomic E-state index is 13.3. The van der Waals surface area contributed by atoms with E-state index < -0.39 is 190 Å². The first-order valence-corrected chi connectivity index (χ1v) is 34.0. The fraction of sp³-hybridized carbons (Fsp3) is 0.824. The Morgan fingerprint density at radius 2 is 1.28 bits per heavy atom. The number of aliphatic hydroxyl groups is 13. The molecule has 5 aliphatic heterocycles. The van der Waals surface area contributed by atoms with E-state index in [4.69, 9.17) is 56.8 Å². The van der Waals surface area contributed by atoms with Gasteiger partial charge in [-0.1, -0.05) is 59.3 Å². The number of hydrogen-bond acceptors (Lipinski definition) is 28. The molecule has 1 aromatic carbocycles. The number of hydrogen-bond donors (Lipinski definition) is 15. The number of methoxy groups -OCH3 is 1. The van der Waals surface area contributed by atoms with Gasteiger partial charge in [-0.15, -0.1) is 0 Å². The second-order valence-corrected chi connectivity index (χ2v) is 30.7. The monoisotopic (exact) mass is 1380 g/mol. The van der Waals surface area contributed by atoms with Crippen molar-refractivity contribution in [2.45, 2.75) is 260 Å². The number of carbonyl (C=O) groups is 2. The average molecular weight is 1380 g/mol. The normalized spacial score (nSPS) is 49.1. The molecule has 5 heterocycles. The Bertz CT molecular complexity index is 2990. The molecule has 29 heteroatoms. The van der Waals surface area contributed by atoms with Crippen LogP contribution >= 0.6 is 0 Å². The van der Waals surface area contributed by atoms with Gasteiger partial charge in [-0.05, 0) is 134 Å². The summed E-state index contributed by atoms with van der Waals surface area (Å²) in [5.41, 5.74) is -0.593. The predicted molar refractivity (Wildman–Crippen MR) is 331 cm³/mol. The molecule has 0 spiro atoms. The standard InChI is InChI=1S/C68H102O29/c1-30-44(74)55(96-57-50(80)47(77)39(28-89-57)92-58-52(82)49(79)54(37(25-69)91-58)95-59-51(81)48(78)46(76)38(93-59)27-87-43(73)14-10-31-9-12-36(86-8)34(71)23-31)53(83)60(90-30)97-56-45(75)35(72)26-88-61(56)94-42-16-17-64(4)40(65(42,5)29-70)15-18-67(7)41(64)13-11-32-33-24-63(2,3)19-21-68(33,62(84)85)22-20-66(32,67)6/h9-12,14,23,30,33,35,37-42,44-61,69-72,74-83H,13,15-22,24-29H2,1-8H3,(H,84,85)/b14-10+/t30-,33-,35-,37+,38+,39+,40+,41+,42-,44-,45-,46+,47+,48-,49+,50+,51+,52+,53+,54+,55+,56+,57-,58-,59-,60-,61-,64-,65-,66+,67+,68-/m0/s1. The number of fused-ring (bicyclic) bond motifs is 7. The summed E-state index contributed by atoms with van der Waals surface area (Å²) in [7, 11) is 1.37. The van der Waals surface area contributed by atoms with Crippen molar-refractivity contribution >= 4 is 18.0 Å². The summed E-state index contributed by atoms with van der Waals surface area (Å²) in [6.45, 7) is 12.2. The number of aliphatic hydroxyl groups excluding tert-OH is 13. The number of esters is 1. The lowest BCUT2D eigenvalue weighted by molar-refractivity contribution is -0.386. The fourth-order valence-electron chi connectivity index (χ4n) is 18.6. The van der Waals surface area contributed by atoms with Crippen molar-refractivity contribution in [1.82, 2.24) is 0 Å². The smallest absolute Gasteiger partial charge is 0.330 e. The molecular formula is C68H102O29. The first-order chi connectivity index (χ1) is 45.7. The molecule has 1 aromatic rings. The molecule has 0 unspecified atom stereocenters. The summed E-state index contributed by atoms with van der Waals surface area (Å²) in [4.78, 5) is 25.9. The number of carbonyl (C=O) groups excluding carboxylic acids is 1. The van der Waals surface area contributed by atoms with Crippen LogP contribution in [0.1, 0.15) is 118 Å². The van der Waals surface area contributed by atoms with Crippen molar-refractivity contribution in [1.29, 1.82) is 0 Å². The number of carboxylic acids is 1. The Morgan fingerprint density at radius 3 is 1.97 bits per heavy atom. The number of carboxylic acid groups (broad SMARTS) is 1. The Hall–Kier alpha value is -3.68. The molecule has 11 rings (SSSR count). The van der Waals surface area contributed by atoms with Crippen molar-refractivity contribution < 1.29 is 143 Å². The van der Waals surface area contributed by atoms with E-state index in [1.165, 1.54) is 37.8 Å². The zero-order valence-corrected chi connectivity index (χ0v) is 56.1. The quantitative estimate of drug-likeness (QED) is 0.0385. The molecule has 0 radical (unpaired) electrons. The summed E-state index contributed by atoms with van der Waals surface area (Å²) in [6.07, 6.45) is -28.8. The van der Waals surface area contributed by atoms with E-state index in [1.807, 2.05) is 6.92 Å². The highest BCUT2D eigenvalue weighted by Gasteiger charge is 2.70. The molecule has 9 fully saturated rings. The second kappa shape index (κ2) is 28.5. The second-order valence-electron chi connectivity index (χ2n) is 30.7. The third-order valence-corrected chi connectivity index (χ3v) is 24.8. The molecule has 5 aliphatic carbocycles. The van der Waals surface area contributed by atoms with E-state index in [0.29, 0.717) is 31.2 Å². The van der Waals surface area contributed by atoms with E-state index in [2.05, 4.69) is 40.7 Å². The Morgan fingerprint density at radius 1 is 0.629 bits per heavy atom. The molecule has 548 valence electrons. The minimum absolute atomic E-state index is 0.0163. The van der Waals surface area contributed by atoms with Gasteiger partial charge in [0.25, 0.3) is 0 Å². The van der Waals surface area contributed by atoms with Crippen LogP contribution < -0.4 is 4.74 Å². The van der Waals surface area contributed by atoms with Crippen LogP contribution in [0.15, 0.2) is 35.9 Å². The van der Waals surface area contributed by atoms with Crippen LogP contribution in [-0.2, 0) is 61.7 Å². The van der Waals surface area contributed by atoms with Gasteiger partial charge in [0.05, 0.1) is 51.2 Å². The van der Waals surface area contributed by atoms with E-state index in [1.54, 1.807) is 6.07 Å². The third kappa shape index (κ3) is 13.4. The highest BCUT2D eigenvalue weighted by atomic mass is 16.8. The number of aromatic hydroxyl groups is 1. The molecule has 0 amide bonds.